The Bertz CT molecular complexity index is 482. The quantitative estimate of drug-likeness (QED) is 0.917. The molecule has 1 aromatic rings. The molecular formula is C17H25NO2. The van der Waals surface area contributed by atoms with E-state index < -0.39 is 5.60 Å². The van der Waals surface area contributed by atoms with E-state index in [0.717, 1.165) is 43.4 Å². The fourth-order valence-electron chi connectivity index (χ4n) is 2.91. The molecule has 2 rings (SSSR count). The molecule has 1 aliphatic carbocycles. The molecule has 0 aliphatic heterocycles. The van der Waals surface area contributed by atoms with Gasteiger partial charge in [-0.3, -0.25) is 4.79 Å². The number of primary amides is 1. The van der Waals surface area contributed by atoms with E-state index in [1.807, 2.05) is 18.2 Å². The summed E-state index contributed by atoms with van der Waals surface area (Å²) >= 11 is 0. The third-order valence-electron chi connectivity index (χ3n) is 4.11. The van der Waals surface area contributed by atoms with E-state index >= 15 is 0 Å². The monoisotopic (exact) mass is 275 g/mol. The normalized spacial score (nSPS) is 18.6. The van der Waals surface area contributed by atoms with Gasteiger partial charge in [0.15, 0.2) is 5.60 Å². The van der Waals surface area contributed by atoms with Crippen molar-refractivity contribution in [3.8, 4) is 5.75 Å². The molecule has 2 N–H and O–H groups in total. The summed E-state index contributed by atoms with van der Waals surface area (Å²) in [5.41, 5.74) is 5.92. The van der Waals surface area contributed by atoms with Crippen molar-refractivity contribution in [2.75, 3.05) is 0 Å². The predicted molar refractivity (Wildman–Crippen MR) is 80.8 cm³/mol. The summed E-state index contributed by atoms with van der Waals surface area (Å²) in [4.78, 5) is 11.9. The molecule has 0 spiro atoms. The highest BCUT2D eigenvalue weighted by atomic mass is 16.5. The summed E-state index contributed by atoms with van der Waals surface area (Å²) in [5, 5.41) is 0. The Morgan fingerprint density at radius 1 is 1.15 bits per heavy atom. The first kappa shape index (κ1) is 14.9. The molecule has 0 heterocycles. The number of para-hydroxylation sites is 1. The number of benzene rings is 1. The molecule has 0 aromatic heterocycles. The molecule has 0 atom stereocenters. The van der Waals surface area contributed by atoms with Crippen molar-refractivity contribution in [3.63, 3.8) is 0 Å². The Balaban J connectivity index is 2.35. The second-order valence-electron chi connectivity index (χ2n) is 6.77. The number of carbonyl (C=O) groups is 1. The Morgan fingerprint density at radius 3 is 2.30 bits per heavy atom. The zero-order valence-corrected chi connectivity index (χ0v) is 12.7. The molecule has 0 bridgehead atoms. The number of amides is 1. The average molecular weight is 275 g/mol. The Morgan fingerprint density at radius 2 is 1.75 bits per heavy atom. The van der Waals surface area contributed by atoms with Crippen LogP contribution in [0.15, 0.2) is 24.3 Å². The van der Waals surface area contributed by atoms with Crippen LogP contribution in [-0.4, -0.2) is 11.5 Å². The summed E-state index contributed by atoms with van der Waals surface area (Å²) in [6, 6.07) is 7.96. The van der Waals surface area contributed by atoms with E-state index in [2.05, 4.69) is 26.8 Å². The van der Waals surface area contributed by atoms with E-state index in [1.165, 1.54) is 0 Å². The smallest absolute Gasteiger partial charge is 0.261 e. The number of carbonyl (C=O) groups excluding carboxylic acids is 1. The van der Waals surface area contributed by atoms with E-state index in [4.69, 9.17) is 10.5 Å². The van der Waals surface area contributed by atoms with Gasteiger partial charge in [0, 0.05) is 0 Å². The fraction of sp³-hybridized carbons (Fsp3) is 0.588. The third-order valence-corrected chi connectivity index (χ3v) is 4.11. The summed E-state index contributed by atoms with van der Waals surface area (Å²) in [6.45, 7) is 6.44. The standard InChI is InChI=1S/C17H25NO2/c1-16(2,3)13-9-5-6-10-14(13)20-17(15(18)19)11-7-4-8-12-17/h5-6,9-10H,4,7-8,11-12H2,1-3H3,(H2,18,19). The van der Waals surface area contributed by atoms with Gasteiger partial charge in [-0.2, -0.15) is 0 Å². The number of ether oxygens (including phenoxy) is 1. The summed E-state index contributed by atoms with van der Waals surface area (Å²) in [5.74, 6) is 0.460. The summed E-state index contributed by atoms with van der Waals surface area (Å²) in [7, 11) is 0. The van der Waals surface area contributed by atoms with Crippen molar-refractivity contribution >= 4 is 5.91 Å². The minimum atomic E-state index is -0.820. The Hall–Kier alpha value is -1.51. The number of hydrogen-bond donors (Lipinski definition) is 1. The van der Waals surface area contributed by atoms with Crippen LogP contribution in [0, 0.1) is 0 Å². The topological polar surface area (TPSA) is 52.3 Å². The van der Waals surface area contributed by atoms with Gasteiger partial charge in [-0.15, -0.1) is 0 Å². The van der Waals surface area contributed by atoms with Gasteiger partial charge < -0.3 is 10.5 Å². The van der Waals surface area contributed by atoms with Gasteiger partial charge in [-0.1, -0.05) is 45.4 Å². The van der Waals surface area contributed by atoms with Crippen LogP contribution in [0.25, 0.3) is 0 Å². The maximum Gasteiger partial charge on any atom is 0.261 e. The number of nitrogens with two attached hydrogens (primary N) is 1. The minimum absolute atomic E-state index is 0.0237. The van der Waals surface area contributed by atoms with Gasteiger partial charge >= 0.3 is 0 Å². The van der Waals surface area contributed by atoms with Gasteiger partial charge in [0.2, 0.25) is 0 Å². The molecule has 0 saturated heterocycles. The molecular weight excluding hydrogens is 250 g/mol. The maximum atomic E-state index is 11.9. The number of hydrogen-bond acceptors (Lipinski definition) is 2. The average Bonchev–Trinajstić information content (AvgIpc) is 2.39. The fourth-order valence-corrected chi connectivity index (χ4v) is 2.91. The van der Waals surface area contributed by atoms with Crippen LogP contribution in [0.2, 0.25) is 0 Å². The van der Waals surface area contributed by atoms with Crippen molar-refractivity contribution in [2.24, 2.45) is 5.73 Å². The van der Waals surface area contributed by atoms with Crippen molar-refractivity contribution in [3.05, 3.63) is 29.8 Å². The largest absolute Gasteiger partial charge is 0.477 e. The highest BCUT2D eigenvalue weighted by Gasteiger charge is 2.41. The van der Waals surface area contributed by atoms with E-state index in [0.29, 0.717) is 0 Å². The molecule has 1 fully saturated rings. The van der Waals surface area contributed by atoms with Gasteiger partial charge in [0.25, 0.3) is 5.91 Å². The lowest BCUT2D eigenvalue weighted by Crippen LogP contribution is -2.50. The molecule has 0 unspecified atom stereocenters. The van der Waals surface area contributed by atoms with Crippen LogP contribution in [0.4, 0.5) is 0 Å². The second kappa shape index (κ2) is 5.47. The first-order valence-corrected chi connectivity index (χ1v) is 7.44. The minimum Gasteiger partial charge on any atom is -0.477 e. The number of rotatable bonds is 3. The third kappa shape index (κ3) is 2.97. The lowest BCUT2D eigenvalue weighted by molar-refractivity contribution is -0.136. The van der Waals surface area contributed by atoms with Crippen LogP contribution in [0.1, 0.15) is 58.4 Å². The van der Waals surface area contributed by atoms with Gasteiger partial charge in [-0.05, 0) is 42.7 Å². The molecule has 3 heteroatoms. The lowest BCUT2D eigenvalue weighted by atomic mass is 9.83. The Kier molecular flexibility index (Phi) is 4.07. The predicted octanol–water partition coefficient (Wildman–Crippen LogP) is 3.55. The van der Waals surface area contributed by atoms with Gasteiger partial charge in [0.05, 0.1) is 0 Å². The van der Waals surface area contributed by atoms with Crippen LogP contribution in [0.3, 0.4) is 0 Å². The Labute approximate surface area is 121 Å². The van der Waals surface area contributed by atoms with Crippen molar-refractivity contribution in [1.29, 1.82) is 0 Å². The zero-order valence-electron chi connectivity index (χ0n) is 12.7. The molecule has 1 amide bonds. The van der Waals surface area contributed by atoms with Gasteiger partial charge in [0.1, 0.15) is 5.75 Å². The maximum absolute atomic E-state index is 11.9. The van der Waals surface area contributed by atoms with Crippen molar-refractivity contribution in [2.45, 2.75) is 63.9 Å². The second-order valence-corrected chi connectivity index (χ2v) is 6.77. The van der Waals surface area contributed by atoms with Crippen molar-refractivity contribution < 1.29 is 9.53 Å². The molecule has 1 aromatic carbocycles. The molecule has 1 saturated carbocycles. The lowest BCUT2D eigenvalue weighted by Gasteiger charge is -2.36. The molecule has 1 aliphatic rings. The van der Waals surface area contributed by atoms with E-state index in [9.17, 15) is 4.79 Å². The molecule has 0 radical (unpaired) electrons. The van der Waals surface area contributed by atoms with Crippen LogP contribution >= 0.6 is 0 Å². The molecule has 20 heavy (non-hydrogen) atoms. The SMILES string of the molecule is CC(C)(C)c1ccccc1OC1(C(N)=O)CCCCC1. The summed E-state index contributed by atoms with van der Waals surface area (Å²) < 4.78 is 6.19. The van der Waals surface area contributed by atoms with Crippen LogP contribution in [0.5, 0.6) is 5.75 Å². The summed E-state index contributed by atoms with van der Waals surface area (Å²) in [6.07, 6.45) is 4.60. The highest BCUT2D eigenvalue weighted by Crippen LogP contribution is 2.37. The highest BCUT2D eigenvalue weighted by molar-refractivity contribution is 5.84. The van der Waals surface area contributed by atoms with Crippen LogP contribution in [-0.2, 0) is 10.2 Å². The molecule has 3 nitrogen and oxygen atoms in total. The van der Waals surface area contributed by atoms with Crippen LogP contribution < -0.4 is 10.5 Å². The first-order valence-electron chi connectivity index (χ1n) is 7.44. The zero-order chi connectivity index (χ0) is 14.8. The molecule has 110 valence electrons. The van der Waals surface area contributed by atoms with Gasteiger partial charge in [-0.25, -0.2) is 0 Å². The van der Waals surface area contributed by atoms with E-state index in [-0.39, 0.29) is 11.3 Å². The van der Waals surface area contributed by atoms with E-state index in [1.54, 1.807) is 0 Å². The first-order chi connectivity index (χ1) is 9.35. The van der Waals surface area contributed by atoms with Crippen molar-refractivity contribution in [1.82, 2.24) is 0 Å².